The predicted octanol–water partition coefficient (Wildman–Crippen LogP) is 21.7. The van der Waals surface area contributed by atoms with Gasteiger partial charge in [-0.05, 0) is 135 Å². The normalized spacial score (nSPS) is 13.4. The molecule has 0 aliphatic carbocycles. The molecule has 1 unspecified atom stereocenters. The first-order valence-electron chi connectivity index (χ1n) is 31.3. The van der Waals surface area contributed by atoms with Crippen molar-refractivity contribution in [1.82, 2.24) is 0 Å². The number of esters is 3. The summed E-state index contributed by atoms with van der Waals surface area (Å²) in [5.41, 5.74) is 0. The van der Waals surface area contributed by atoms with Crippen LogP contribution in [0.15, 0.2) is 182 Å². The molecule has 0 saturated heterocycles. The van der Waals surface area contributed by atoms with Gasteiger partial charge in [-0.2, -0.15) is 0 Å². The molecule has 0 amide bonds. The molecule has 0 N–H and O–H groups in total. The number of allylic oxidation sites excluding steroid dienone is 29. The summed E-state index contributed by atoms with van der Waals surface area (Å²) in [5, 5.41) is 0. The summed E-state index contributed by atoms with van der Waals surface area (Å²) in [6, 6.07) is 0. The molecule has 79 heavy (non-hydrogen) atoms. The molecule has 1 atom stereocenters. The van der Waals surface area contributed by atoms with Crippen LogP contribution in [0.3, 0.4) is 0 Å². The van der Waals surface area contributed by atoms with Crippen molar-refractivity contribution in [2.75, 3.05) is 13.2 Å². The first-order valence-corrected chi connectivity index (χ1v) is 31.3. The van der Waals surface area contributed by atoms with Crippen molar-refractivity contribution in [1.29, 1.82) is 0 Å². The van der Waals surface area contributed by atoms with Gasteiger partial charge in [-0.3, -0.25) is 14.4 Å². The number of unbranched alkanes of at least 4 members (excludes halogenated alkanes) is 14. The van der Waals surface area contributed by atoms with Crippen LogP contribution in [0.25, 0.3) is 0 Å². The molecule has 0 aromatic heterocycles. The van der Waals surface area contributed by atoms with Gasteiger partial charge in [0.2, 0.25) is 0 Å². The van der Waals surface area contributed by atoms with Gasteiger partial charge in [0.15, 0.2) is 6.10 Å². The summed E-state index contributed by atoms with van der Waals surface area (Å²) in [6.45, 7) is 6.17. The lowest BCUT2D eigenvalue weighted by atomic mass is 10.1. The first-order chi connectivity index (χ1) is 39.0. The Kier molecular flexibility index (Phi) is 60.5. The average molecular weight is 1090 g/mol. The molecule has 0 rings (SSSR count). The Balaban J connectivity index is 4.45. The van der Waals surface area contributed by atoms with E-state index in [-0.39, 0.29) is 38.0 Å². The maximum atomic E-state index is 12.9. The second-order valence-corrected chi connectivity index (χ2v) is 19.8. The zero-order valence-corrected chi connectivity index (χ0v) is 50.3. The lowest BCUT2D eigenvalue weighted by Gasteiger charge is -2.18. The highest BCUT2D eigenvalue weighted by Crippen LogP contribution is 2.14. The summed E-state index contributed by atoms with van der Waals surface area (Å²) < 4.78 is 16.8. The van der Waals surface area contributed by atoms with E-state index >= 15 is 0 Å². The summed E-state index contributed by atoms with van der Waals surface area (Å²) >= 11 is 0. The van der Waals surface area contributed by atoms with Gasteiger partial charge < -0.3 is 14.2 Å². The molecule has 440 valence electrons. The average Bonchev–Trinajstić information content (AvgIpc) is 3.45. The lowest BCUT2D eigenvalue weighted by Crippen LogP contribution is -2.30. The Morgan fingerprint density at radius 1 is 0.266 bits per heavy atom. The molecule has 0 heterocycles. The Morgan fingerprint density at radius 2 is 0.506 bits per heavy atom. The Labute approximate surface area is 484 Å². The zero-order valence-electron chi connectivity index (χ0n) is 50.3. The van der Waals surface area contributed by atoms with Crippen molar-refractivity contribution in [2.24, 2.45) is 0 Å². The summed E-state index contributed by atoms with van der Waals surface area (Å²) in [6.07, 6.45) is 97.8. The van der Waals surface area contributed by atoms with Gasteiger partial charge >= 0.3 is 17.9 Å². The van der Waals surface area contributed by atoms with Crippen LogP contribution in [0.5, 0.6) is 0 Å². The second-order valence-electron chi connectivity index (χ2n) is 19.8. The molecule has 0 bridgehead atoms. The molecule has 0 aromatic carbocycles. The fraction of sp³-hybridized carbons (Fsp3) is 0.548. The van der Waals surface area contributed by atoms with Gasteiger partial charge in [0.1, 0.15) is 13.2 Å². The predicted molar refractivity (Wildman–Crippen MR) is 343 cm³/mol. The van der Waals surface area contributed by atoms with Crippen molar-refractivity contribution in [2.45, 2.75) is 245 Å². The summed E-state index contributed by atoms with van der Waals surface area (Å²) in [4.78, 5) is 38.2. The third-order valence-corrected chi connectivity index (χ3v) is 12.4. The van der Waals surface area contributed by atoms with Crippen LogP contribution >= 0.6 is 0 Å². The number of ether oxygens (including phenoxy) is 3. The van der Waals surface area contributed by atoms with Crippen molar-refractivity contribution in [3.05, 3.63) is 182 Å². The fourth-order valence-corrected chi connectivity index (χ4v) is 7.86. The zero-order chi connectivity index (χ0) is 57.1. The molecule has 0 saturated carbocycles. The van der Waals surface area contributed by atoms with Crippen molar-refractivity contribution in [3.63, 3.8) is 0 Å². The standard InChI is InChI=1S/C73H112O6/c1-4-7-10-13-16-19-22-25-28-30-31-32-33-34-35-36-37-38-39-40-41-43-45-48-51-54-57-60-63-66-72(75)78-69-70(68-77-71(74)65-62-59-56-53-50-47-44-27-24-21-18-15-12-9-6-3)79-73(76)67-64-61-58-55-52-49-46-42-29-26-23-20-17-14-11-8-5-2/h7-12,16-21,25-29,31-32,34-35,37-38,44,46,49-50,53,59,62,70H,4-6,13-15,22-24,30,33,36,39-43,45,47-48,51-52,54-58,60-61,63-69H2,1-3H3/b10-7-,11-8-,12-9-,19-16-,20-17-,21-18-,28-25-,29-26-,32-31-,35-34-,38-37-,44-27-,49-46-,53-50-,62-59-. The molecule has 0 aromatic rings. The number of hydrogen-bond donors (Lipinski definition) is 0. The van der Waals surface area contributed by atoms with Gasteiger partial charge in [-0.15, -0.1) is 0 Å². The lowest BCUT2D eigenvalue weighted by molar-refractivity contribution is -0.166. The third-order valence-electron chi connectivity index (χ3n) is 12.4. The van der Waals surface area contributed by atoms with E-state index in [9.17, 15) is 14.4 Å². The Hall–Kier alpha value is -5.49. The molecule has 0 spiro atoms. The van der Waals surface area contributed by atoms with Crippen LogP contribution in [-0.4, -0.2) is 37.2 Å². The smallest absolute Gasteiger partial charge is 0.309 e. The van der Waals surface area contributed by atoms with E-state index in [2.05, 4.69) is 191 Å². The van der Waals surface area contributed by atoms with E-state index in [1.807, 2.05) is 6.08 Å². The van der Waals surface area contributed by atoms with Crippen LogP contribution in [-0.2, 0) is 28.6 Å². The van der Waals surface area contributed by atoms with Crippen molar-refractivity contribution >= 4 is 17.9 Å². The molecule has 0 radical (unpaired) electrons. The van der Waals surface area contributed by atoms with Crippen LogP contribution in [0.1, 0.15) is 239 Å². The van der Waals surface area contributed by atoms with Gasteiger partial charge in [-0.25, -0.2) is 0 Å². The minimum absolute atomic E-state index is 0.112. The Morgan fingerprint density at radius 3 is 0.823 bits per heavy atom. The SMILES string of the molecule is CC/C=C\C/C=C\C/C=C\C/C=C\C/C=C\C/C=C\CCCCCCCCCCCCC(=O)OCC(COC(=O)C/C=C\C/C=C\C/C=C\C/C=C\C/C=C\CC)OC(=O)CCCCCC/C=C\C/C=C\C/C=C\C/C=C\CC. The summed E-state index contributed by atoms with van der Waals surface area (Å²) in [7, 11) is 0. The van der Waals surface area contributed by atoms with Crippen LogP contribution in [0.4, 0.5) is 0 Å². The minimum Gasteiger partial charge on any atom is -0.462 e. The first kappa shape index (κ1) is 73.5. The van der Waals surface area contributed by atoms with E-state index in [0.717, 1.165) is 154 Å². The van der Waals surface area contributed by atoms with E-state index < -0.39 is 12.1 Å². The topological polar surface area (TPSA) is 78.9 Å². The number of hydrogen-bond acceptors (Lipinski definition) is 6. The third kappa shape index (κ3) is 63.2. The molecule has 0 fully saturated rings. The van der Waals surface area contributed by atoms with Crippen molar-refractivity contribution in [3.8, 4) is 0 Å². The fourth-order valence-electron chi connectivity index (χ4n) is 7.86. The van der Waals surface area contributed by atoms with Crippen LogP contribution in [0, 0.1) is 0 Å². The molecular weight excluding hydrogens is 973 g/mol. The molecule has 0 aliphatic heterocycles. The second kappa shape index (κ2) is 65.0. The highest BCUT2D eigenvalue weighted by molar-refractivity contribution is 5.72. The minimum atomic E-state index is -0.844. The highest BCUT2D eigenvalue weighted by Gasteiger charge is 2.19. The highest BCUT2D eigenvalue weighted by atomic mass is 16.6. The van der Waals surface area contributed by atoms with E-state index in [1.165, 1.54) is 44.9 Å². The Bertz CT molecular complexity index is 1870. The quantitative estimate of drug-likeness (QED) is 0.0261. The number of carbonyl (C=O) groups is 3. The number of carbonyl (C=O) groups excluding carboxylic acids is 3. The van der Waals surface area contributed by atoms with Gasteiger partial charge in [0.05, 0.1) is 6.42 Å². The molecular formula is C73H112O6. The monoisotopic (exact) mass is 1080 g/mol. The van der Waals surface area contributed by atoms with E-state index in [0.29, 0.717) is 6.42 Å². The van der Waals surface area contributed by atoms with Gasteiger partial charge in [0.25, 0.3) is 0 Å². The van der Waals surface area contributed by atoms with Crippen LogP contribution < -0.4 is 0 Å². The molecule has 6 heteroatoms. The van der Waals surface area contributed by atoms with Crippen molar-refractivity contribution < 1.29 is 28.6 Å². The maximum absolute atomic E-state index is 12.9. The molecule has 6 nitrogen and oxygen atoms in total. The summed E-state index contributed by atoms with van der Waals surface area (Å²) in [5.74, 6) is -1.10. The van der Waals surface area contributed by atoms with E-state index in [1.54, 1.807) is 6.08 Å². The maximum Gasteiger partial charge on any atom is 0.309 e. The largest absolute Gasteiger partial charge is 0.462 e. The van der Waals surface area contributed by atoms with Gasteiger partial charge in [0, 0.05) is 12.8 Å². The number of rotatable bonds is 54. The molecule has 0 aliphatic rings. The van der Waals surface area contributed by atoms with Crippen LogP contribution in [0.2, 0.25) is 0 Å². The van der Waals surface area contributed by atoms with Gasteiger partial charge in [-0.1, -0.05) is 267 Å². The van der Waals surface area contributed by atoms with E-state index in [4.69, 9.17) is 14.2 Å².